The Kier molecular flexibility index (Phi) is 4.56. The van der Waals surface area contributed by atoms with E-state index >= 15 is 0 Å². The van der Waals surface area contributed by atoms with Gasteiger partial charge in [0.15, 0.2) is 5.78 Å². The van der Waals surface area contributed by atoms with Gasteiger partial charge in [0.05, 0.1) is 4.90 Å². The van der Waals surface area contributed by atoms with Crippen molar-refractivity contribution in [3.63, 3.8) is 0 Å². The van der Waals surface area contributed by atoms with Crippen LogP contribution in [-0.2, 0) is 16.4 Å². The molecule has 0 atom stereocenters. The molecule has 0 amide bonds. The lowest BCUT2D eigenvalue weighted by Crippen LogP contribution is -2.51. The van der Waals surface area contributed by atoms with Gasteiger partial charge in [-0.25, -0.2) is 8.42 Å². The Morgan fingerprint density at radius 3 is 2.52 bits per heavy atom. The zero-order chi connectivity index (χ0) is 19.1. The summed E-state index contributed by atoms with van der Waals surface area (Å²) in [6.07, 6.45) is 3.22. The summed E-state index contributed by atoms with van der Waals surface area (Å²) in [7, 11) is -3.61. The monoisotopic (exact) mass is 385 g/mol. The molecule has 0 radical (unpaired) electrons. The summed E-state index contributed by atoms with van der Waals surface area (Å²) in [6, 6.07) is 14.4. The van der Waals surface area contributed by atoms with Gasteiger partial charge >= 0.3 is 0 Å². The maximum Gasteiger partial charge on any atom is 0.243 e. The molecule has 4 rings (SSSR count). The number of ether oxygens (including phenoxy) is 1. The number of nitrogens with zero attached hydrogens (tertiary/aromatic N) is 1. The number of fused-ring (bicyclic) bond motifs is 1. The van der Waals surface area contributed by atoms with Gasteiger partial charge in [-0.05, 0) is 43.5 Å². The van der Waals surface area contributed by atoms with E-state index in [0.29, 0.717) is 31.5 Å². The maximum atomic E-state index is 13.0. The number of carbonyl (C=O) groups excluding carboxylic acids is 1. The number of hydrogen-bond acceptors (Lipinski definition) is 4. The van der Waals surface area contributed by atoms with Gasteiger partial charge in [-0.1, -0.05) is 30.3 Å². The van der Waals surface area contributed by atoms with Crippen molar-refractivity contribution in [3.8, 4) is 5.75 Å². The molecule has 0 N–H and O–H groups in total. The molecule has 2 aromatic carbocycles. The van der Waals surface area contributed by atoms with E-state index in [4.69, 9.17) is 4.74 Å². The zero-order valence-corrected chi connectivity index (χ0v) is 16.2. The number of rotatable bonds is 3. The summed E-state index contributed by atoms with van der Waals surface area (Å²) in [5, 5.41) is 0. The van der Waals surface area contributed by atoms with E-state index in [-0.39, 0.29) is 16.3 Å². The first-order valence-electron chi connectivity index (χ1n) is 9.28. The highest BCUT2D eigenvalue weighted by Gasteiger charge is 2.42. The lowest BCUT2D eigenvalue weighted by atomic mass is 9.84. The quantitative estimate of drug-likeness (QED) is 0.760. The third-order valence-corrected chi connectivity index (χ3v) is 7.56. The molecular formula is C21H23NO4S. The van der Waals surface area contributed by atoms with Gasteiger partial charge in [0, 0.05) is 31.5 Å². The van der Waals surface area contributed by atoms with Crippen molar-refractivity contribution >= 4 is 15.8 Å². The molecule has 27 heavy (non-hydrogen) atoms. The van der Waals surface area contributed by atoms with E-state index in [1.165, 1.54) is 22.9 Å². The lowest BCUT2D eigenvalue weighted by molar-refractivity contribution is 0.00181. The summed E-state index contributed by atoms with van der Waals surface area (Å²) >= 11 is 0. The van der Waals surface area contributed by atoms with Crippen molar-refractivity contribution in [2.24, 2.45) is 0 Å². The van der Waals surface area contributed by atoms with Gasteiger partial charge in [-0.3, -0.25) is 4.79 Å². The van der Waals surface area contributed by atoms with Gasteiger partial charge < -0.3 is 4.74 Å². The van der Waals surface area contributed by atoms with Crippen LogP contribution >= 0.6 is 0 Å². The standard InChI is InChI=1S/C21H23NO4S/c1-16(23)18-6-4-7-19(15-18)27(24,25)22-13-11-21(12-14-22)10-9-17-5-2-3-8-20(17)26-21/h2-8,15H,9-14H2,1H3. The van der Waals surface area contributed by atoms with Crippen molar-refractivity contribution in [2.75, 3.05) is 13.1 Å². The molecule has 2 aliphatic heterocycles. The Balaban J connectivity index is 1.51. The van der Waals surface area contributed by atoms with Gasteiger partial charge in [0.25, 0.3) is 0 Å². The molecular weight excluding hydrogens is 362 g/mol. The Bertz CT molecular complexity index is 975. The Labute approximate surface area is 160 Å². The number of piperidine rings is 1. The molecule has 0 aliphatic carbocycles. The summed E-state index contributed by atoms with van der Waals surface area (Å²) in [4.78, 5) is 11.8. The van der Waals surface area contributed by atoms with Crippen LogP contribution in [0.2, 0.25) is 0 Å². The number of sulfonamides is 1. The predicted molar refractivity (Wildman–Crippen MR) is 103 cm³/mol. The van der Waals surface area contributed by atoms with Crippen LogP contribution in [0, 0.1) is 0 Å². The molecule has 2 aromatic rings. The Morgan fingerprint density at radius 2 is 1.78 bits per heavy atom. The van der Waals surface area contributed by atoms with Crippen molar-refractivity contribution in [3.05, 3.63) is 59.7 Å². The van der Waals surface area contributed by atoms with E-state index in [1.54, 1.807) is 18.2 Å². The first-order valence-corrected chi connectivity index (χ1v) is 10.7. The van der Waals surface area contributed by atoms with Crippen LogP contribution in [0.1, 0.15) is 42.1 Å². The van der Waals surface area contributed by atoms with Crippen molar-refractivity contribution in [1.29, 1.82) is 0 Å². The average molecular weight is 385 g/mol. The number of hydrogen-bond donors (Lipinski definition) is 0. The number of para-hydroxylation sites is 1. The largest absolute Gasteiger partial charge is 0.487 e. The second-order valence-corrected chi connectivity index (χ2v) is 9.32. The molecule has 1 spiro atoms. The molecule has 0 saturated carbocycles. The fourth-order valence-electron chi connectivity index (χ4n) is 3.97. The number of carbonyl (C=O) groups is 1. The number of ketones is 1. The molecule has 142 valence electrons. The van der Waals surface area contributed by atoms with Crippen molar-refractivity contribution in [2.45, 2.75) is 43.1 Å². The first-order chi connectivity index (χ1) is 12.9. The fourth-order valence-corrected chi connectivity index (χ4v) is 5.46. The molecule has 1 saturated heterocycles. The van der Waals surface area contributed by atoms with Crippen LogP contribution in [0.15, 0.2) is 53.4 Å². The highest BCUT2D eigenvalue weighted by molar-refractivity contribution is 7.89. The van der Waals surface area contributed by atoms with E-state index in [0.717, 1.165) is 18.6 Å². The lowest BCUT2D eigenvalue weighted by Gasteiger charge is -2.44. The maximum absolute atomic E-state index is 13.0. The normalized spacial score (nSPS) is 19.3. The minimum atomic E-state index is -3.61. The zero-order valence-electron chi connectivity index (χ0n) is 15.3. The number of aryl methyl sites for hydroxylation is 1. The second-order valence-electron chi connectivity index (χ2n) is 7.38. The first kappa shape index (κ1) is 18.2. The molecule has 2 aliphatic rings. The SMILES string of the molecule is CC(=O)c1cccc(S(=O)(=O)N2CCC3(CCc4ccccc4O3)CC2)c1. The van der Waals surface area contributed by atoms with E-state index in [2.05, 4.69) is 6.07 Å². The minimum Gasteiger partial charge on any atom is -0.487 e. The van der Waals surface area contributed by atoms with Gasteiger partial charge in [0.2, 0.25) is 10.0 Å². The van der Waals surface area contributed by atoms with Crippen molar-refractivity contribution in [1.82, 2.24) is 4.31 Å². The molecule has 5 nitrogen and oxygen atoms in total. The molecule has 0 unspecified atom stereocenters. The average Bonchev–Trinajstić information content (AvgIpc) is 2.68. The van der Waals surface area contributed by atoms with Crippen LogP contribution in [0.4, 0.5) is 0 Å². The van der Waals surface area contributed by atoms with Gasteiger partial charge in [0.1, 0.15) is 11.4 Å². The van der Waals surface area contributed by atoms with Crippen LogP contribution in [0.25, 0.3) is 0 Å². The molecule has 0 aromatic heterocycles. The van der Waals surface area contributed by atoms with E-state index in [1.807, 2.05) is 18.2 Å². The highest BCUT2D eigenvalue weighted by atomic mass is 32.2. The summed E-state index contributed by atoms with van der Waals surface area (Å²) < 4.78 is 33.8. The molecule has 2 heterocycles. The number of Topliss-reactive ketones (excluding diaryl/α,β-unsaturated/α-hetero) is 1. The van der Waals surface area contributed by atoms with Gasteiger partial charge in [-0.2, -0.15) is 4.31 Å². The highest BCUT2D eigenvalue weighted by Crippen LogP contribution is 2.40. The molecule has 6 heteroatoms. The van der Waals surface area contributed by atoms with Crippen LogP contribution in [0.3, 0.4) is 0 Å². The summed E-state index contributed by atoms with van der Waals surface area (Å²) in [6.45, 7) is 2.29. The van der Waals surface area contributed by atoms with Gasteiger partial charge in [-0.15, -0.1) is 0 Å². The molecule has 0 bridgehead atoms. The Hall–Kier alpha value is -2.18. The Morgan fingerprint density at radius 1 is 1.04 bits per heavy atom. The minimum absolute atomic E-state index is 0.140. The van der Waals surface area contributed by atoms with E-state index < -0.39 is 10.0 Å². The second kappa shape index (κ2) is 6.77. The fraction of sp³-hybridized carbons (Fsp3) is 0.381. The van der Waals surface area contributed by atoms with Crippen molar-refractivity contribution < 1.29 is 17.9 Å². The number of benzene rings is 2. The van der Waals surface area contributed by atoms with E-state index in [9.17, 15) is 13.2 Å². The van der Waals surface area contributed by atoms with Crippen LogP contribution < -0.4 is 4.74 Å². The summed E-state index contributed by atoms with van der Waals surface area (Å²) in [5.74, 6) is 0.785. The van der Waals surface area contributed by atoms with Crippen LogP contribution in [-0.4, -0.2) is 37.2 Å². The third-order valence-electron chi connectivity index (χ3n) is 5.66. The topological polar surface area (TPSA) is 63.7 Å². The third kappa shape index (κ3) is 3.39. The smallest absolute Gasteiger partial charge is 0.243 e. The summed E-state index contributed by atoms with van der Waals surface area (Å²) in [5.41, 5.74) is 1.36. The predicted octanol–water partition coefficient (Wildman–Crippen LogP) is 3.44. The van der Waals surface area contributed by atoms with Crippen LogP contribution in [0.5, 0.6) is 5.75 Å². The molecule has 1 fully saturated rings.